The first-order valence-corrected chi connectivity index (χ1v) is 5.86. The van der Waals surface area contributed by atoms with Crippen LogP contribution in [-0.4, -0.2) is 34.6 Å². The molecule has 102 valence electrons. The number of hydrogen-bond acceptors (Lipinski definition) is 5. The molecule has 0 bridgehead atoms. The topological polar surface area (TPSA) is 110 Å². The van der Waals surface area contributed by atoms with Crippen LogP contribution in [0.15, 0.2) is 18.2 Å². The van der Waals surface area contributed by atoms with Crippen molar-refractivity contribution in [2.24, 2.45) is 5.73 Å². The van der Waals surface area contributed by atoms with Crippen LogP contribution in [-0.2, 0) is 0 Å². The van der Waals surface area contributed by atoms with Gasteiger partial charge in [-0.1, -0.05) is 0 Å². The number of carbonyl (C=O) groups is 1. The van der Waals surface area contributed by atoms with Gasteiger partial charge in [0.25, 0.3) is 5.69 Å². The lowest BCUT2D eigenvalue weighted by molar-refractivity contribution is -0.384. The largest absolute Gasteiger partial charge is 0.388 e. The number of β-amino-alcohol motifs (C(OH)–C–C–N with tert-alkyl or cyclic N) is 1. The first-order chi connectivity index (χ1) is 8.80. The lowest BCUT2D eigenvalue weighted by atomic mass is 10.1. The van der Waals surface area contributed by atoms with Crippen molar-refractivity contribution < 1.29 is 14.8 Å². The number of nitro benzene ring substituents is 1. The minimum Gasteiger partial charge on any atom is -0.388 e. The quantitative estimate of drug-likeness (QED) is 0.616. The Morgan fingerprint density at radius 1 is 1.58 bits per heavy atom. The van der Waals surface area contributed by atoms with Gasteiger partial charge < -0.3 is 15.7 Å². The third-order valence-corrected chi connectivity index (χ3v) is 3.25. The predicted octanol–water partition coefficient (Wildman–Crippen LogP) is 0.655. The van der Waals surface area contributed by atoms with Gasteiger partial charge in [-0.3, -0.25) is 14.9 Å². The van der Waals surface area contributed by atoms with E-state index in [-0.39, 0.29) is 17.8 Å². The first-order valence-electron chi connectivity index (χ1n) is 5.86. The molecule has 0 saturated carbocycles. The molecule has 1 unspecified atom stereocenters. The number of nitrogens with zero attached hydrogens (tertiary/aromatic N) is 2. The molecule has 1 atom stereocenters. The number of nitrogens with two attached hydrogens (primary N) is 1. The van der Waals surface area contributed by atoms with E-state index >= 15 is 0 Å². The molecule has 1 aromatic carbocycles. The number of benzene rings is 1. The van der Waals surface area contributed by atoms with Crippen LogP contribution in [0.5, 0.6) is 0 Å². The standard InChI is InChI=1S/C12H15N3O4/c1-12(17)4-5-14(7-12)10-6-8(11(13)16)2-3-9(10)15(18)19/h2-3,6,17H,4-5,7H2,1H3,(H2,13,16). The van der Waals surface area contributed by atoms with Crippen molar-refractivity contribution in [2.75, 3.05) is 18.0 Å². The van der Waals surface area contributed by atoms with E-state index < -0.39 is 16.4 Å². The Kier molecular flexibility index (Phi) is 3.15. The average molecular weight is 265 g/mol. The third kappa shape index (κ3) is 2.65. The monoisotopic (exact) mass is 265 g/mol. The molecular weight excluding hydrogens is 250 g/mol. The molecule has 1 saturated heterocycles. The molecule has 1 amide bonds. The number of hydrogen-bond donors (Lipinski definition) is 2. The SMILES string of the molecule is CC1(O)CCN(c2cc(C(N)=O)ccc2[N+](=O)[O-])C1. The summed E-state index contributed by atoms with van der Waals surface area (Å²) in [7, 11) is 0. The Bertz CT molecular complexity index is 542. The molecule has 1 aliphatic heterocycles. The lowest BCUT2D eigenvalue weighted by Gasteiger charge is -2.21. The van der Waals surface area contributed by atoms with Crippen molar-refractivity contribution >= 4 is 17.3 Å². The van der Waals surface area contributed by atoms with Crippen molar-refractivity contribution in [1.29, 1.82) is 0 Å². The number of rotatable bonds is 3. The molecule has 7 heteroatoms. The molecule has 19 heavy (non-hydrogen) atoms. The highest BCUT2D eigenvalue weighted by molar-refractivity contribution is 5.94. The minimum atomic E-state index is -0.878. The summed E-state index contributed by atoms with van der Waals surface area (Å²) < 4.78 is 0. The van der Waals surface area contributed by atoms with Gasteiger partial charge in [-0.2, -0.15) is 0 Å². The molecule has 1 aliphatic rings. The van der Waals surface area contributed by atoms with Crippen LogP contribution >= 0.6 is 0 Å². The van der Waals surface area contributed by atoms with E-state index in [9.17, 15) is 20.0 Å². The third-order valence-electron chi connectivity index (χ3n) is 3.25. The summed E-state index contributed by atoms with van der Waals surface area (Å²) in [5.41, 5.74) is 4.74. The number of carbonyl (C=O) groups excluding carboxylic acids is 1. The van der Waals surface area contributed by atoms with E-state index in [0.717, 1.165) is 0 Å². The molecule has 1 aromatic rings. The highest BCUT2D eigenvalue weighted by atomic mass is 16.6. The second-order valence-corrected chi connectivity index (χ2v) is 4.99. The molecule has 2 rings (SSSR count). The Balaban J connectivity index is 2.44. The van der Waals surface area contributed by atoms with Gasteiger partial charge in [-0.25, -0.2) is 0 Å². The van der Waals surface area contributed by atoms with E-state index in [4.69, 9.17) is 5.73 Å². The molecule has 1 heterocycles. The van der Waals surface area contributed by atoms with Crippen molar-refractivity contribution in [3.8, 4) is 0 Å². The minimum absolute atomic E-state index is 0.0947. The van der Waals surface area contributed by atoms with E-state index in [1.165, 1.54) is 18.2 Å². The number of aliphatic hydroxyl groups is 1. The Labute approximate surface area is 109 Å². The van der Waals surface area contributed by atoms with Crippen molar-refractivity contribution in [3.63, 3.8) is 0 Å². The summed E-state index contributed by atoms with van der Waals surface area (Å²) in [6, 6.07) is 4.00. The summed E-state index contributed by atoms with van der Waals surface area (Å²) in [5, 5.41) is 21.0. The summed E-state index contributed by atoms with van der Waals surface area (Å²) >= 11 is 0. The summed E-state index contributed by atoms with van der Waals surface area (Å²) in [4.78, 5) is 23.4. The highest BCUT2D eigenvalue weighted by Crippen LogP contribution is 2.34. The molecule has 0 radical (unpaired) electrons. The molecule has 0 aliphatic carbocycles. The van der Waals surface area contributed by atoms with Crippen LogP contribution < -0.4 is 10.6 Å². The van der Waals surface area contributed by atoms with Gasteiger partial charge >= 0.3 is 0 Å². The van der Waals surface area contributed by atoms with Crippen molar-refractivity contribution in [3.05, 3.63) is 33.9 Å². The maximum absolute atomic E-state index is 11.2. The maximum atomic E-state index is 11.2. The lowest BCUT2D eigenvalue weighted by Crippen LogP contribution is -2.30. The fourth-order valence-corrected chi connectivity index (χ4v) is 2.24. The summed E-state index contributed by atoms with van der Waals surface area (Å²) in [6.07, 6.45) is 0.519. The van der Waals surface area contributed by atoms with Gasteiger partial charge in [0.15, 0.2) is 0 Å². The normalized spacial score (nSPS) is 22.5. The number of amides is 1. The predicted molar refractivity (Wildman–Crippen MR) is 69.1 cm³/mol. The van der Waals surface area contributed by atoms with Gasteiger partial charge in [-0.15, -0.1) is 0 Å². The fourth-order valence-electron chi connectivity index (χ4n) is 2.24. The molecular formula is C12H15N3O4. The van der Waals surface area contributed by atoms with Crippen molar-refractivity contribution in [2.45, 2.75) is 18.9 Å². The highest BCUT2D eigenvalue weighted by Gasteiger charge is 2.34. The zero-order valence-corrected chi connectivity index (χ0v) is 10.5. The molecule has 3 N–H and O–H groups in total. The van der Waals surface area contributed by atoms with Gasteiger partial charge in [0.1, 0.15) is 5.69 Å². The zero-order valence-electron chi connectivity index (χ0n) is 10.5. The van der Waals surface area contributed by atoms with Crippen LogP contribution in [0, 0.1) is 10.1 Å². The van der Waals surface area contributed by atoms with Gasteiger partial charge in [0.2, 0.25) is 5.91 Å². The van der Waals surface area contributed by atoms with E-state index in [1.54, 1.807) is 11.8 Å². The van der Waals surface area contributed by atoms with Crippen LogP contribution in [0.25, 0.3) is 0 Å². The molecule has 0 spiro atoms. The second-order valence-electron chi connectivity index (χ2n) is 4.99. The molecule has 0 aromatic heterocycles. The zero-order chi connectivity index (χ0) is 14.2. The maximum Gasteiger partial charge on any atom is 0.292 e. The second kappa shape index (κ2) is 4.51. The Morgan fingerprint density at radius 2 is 2.26 bits per heavy atom. The number of primary amides is 1. The Hall–Kier alpha value is -2.15. The average Bonchev–Trinajstić information content (AvgIpc) is 2.68. The molecule has 1 fully saturated rings. The van der Waals surface area contributed by atoms with E-state index in [2.05, 4.69) is 0 Å². The van der Waals surface area contributed by atoms with Gasteiger partial charge in [-0.05, 0) is 25.5 Å². The van der Waals surface area contributed by atoms with E-state index in [1.807, 2.05) is 0 Å². The van der Waals surface area contributed by atoms with Crippen LogP contribution in [0.2, 0.25) is 0 Å². The molecule has 7 nitrogen and oxygen atoms in total. The van der Waals surface area contributed by atoms with Crippen LogP contribution in [0.4, 0.5) is 11.4 Å². The van der Waals surface area contributed by atoms with Gasteiger partial charge in [0, 0.05) is 24.7 Å². The Morgan fingerprint density at radius 3 is 2.74 bits per heavy atom. The van der Waals surface area contributed by atoms with Crippen LogP contribution in [0.3, 0.4) is 0 Å². The number of nitro groups is 1. The smallest absolute Gasteiger partial charge is 0.292 e. The number of anilines is 1. The van der Waals surface area contributed by atoms with Crippen LogP contribution in [0.1, 0.15) is 23.7 Å². The van der Waals surface area contributed by atoms with Gasteiger partial charge in [0.05, 0.1) is 10.5 Å². The summed E-state index contributed by atoms with van der Waals surface area (Å²) in [5.74, 6) is -0.637. The first kappa shape index (κ1) is 13.3. The van der Waals surface area contributed by atoms with Crippen molar-refractivity contribution in [1.82, 2.24) is 0 Å². The van der Waals surface area contributed by atoms with E-state index in [0.29, 0.717) is 18.7 Å². The summed E-state index contributed by atoms with van der Waals surface area (Å²) in [6.45, 7) is 2.46. The fraction of sp³-hybridized carbons (Fsp3) is 0.417.